The van der Waals surface area contributed by atoms with E-state index in [-0.39, 0.29) is 9.79 Å². The Hall–Kier alpha value is -1.88. The Labute approximate surface area is 146 Å². The molecule has 0 saturated carbocycles. The number of sulfone groups is 1. The van der Waals surface area contributed by atoms with Crippen LogP contribution in [0.2, 0.25) is 0 Å². The first-order chi connectivity index (χ1) is 11.1. The Kier molecular flexibility index (Phi) is 6.96. The predicted molar refractivity (Wildman–Crippen MR) is 93.1 cm³/mol. The number of nitrogens with zero attached hydrogens (tertiary/aromatic N) is 1. The molecule has 0 amide bonds. The molecule has 0 atom stereocenters. The van der Waals surface area contributed by atoms with Crippen molar-refractivity contribution in [2.45, 2.75) is 23.6 Å². The Bertz CT molecular complexity index is 962. The molecular weight excluding hydrogens is 370 g/mol. The van der Waals surface area contributed by atoms with Gasteiger partial charge in [-0.1, -0.05) is 36.4 Å². The summed E-state index contributed by atoms with van der Waals surface area (Å²) in [4.78, 5) is 0.429. The molecule has 0 unspecified atom stereocenters. The first kappa shape index (κ1) is 20.2. The molecule has 24 heavy (non-hydrogen) atoms. The van der Waals surface area contributed by atoms with Crippen LogP contribution in [0.1, 0.15) is 11.1 Å². The summed E-state index contributed by atoms with van der Waals surface area (Å²) in [5.74, 6) is -0.460. The van der Waals surface area contributed by atoms with Gasteiger partial charge in [0.15, 0.2) is 9.84 Å². The fourth-order valence-corrected chi connectivity index (χ4v) is 4.28. The largest absolute Gasteiger partial charge is 0.261 e. The Morgan fingerprint density at radius 3 is 1.62 bits per heavy atom. The van der Waals surface area contributed by atoms with Crippen LogP contribution < -0.4 is 0 Å². The zero-order valence-electron chi connectivity index (χ0n) is 13.1. The van der Waals surface area contributed by atoms with Gasteiger partial charge in [-0.3, -0.25) is 0 Å². The monoisotopic (exact) mass is 385 g/mol. The zero-order valence-corrected chi connectivity index (χ0v) is 15.5. The van der Waals surface area contributed by atoms with Crippen LogP contribution in [0.25, 0.3) is 0 Å². The number of benzene rings is 2. The topological polar surface area (TPSA) is 92.1 Å². The normalized spacial score (nSPS) is 11.1. The van der Waals surface area contributed by atoms with E-state index in [1.54, 1.807) is 56.3 Å². The molecule has 0 aliphatic carbocycles. The minimum atomic E-state index is -3.56. The van der Waals surface area contributed by atoms with Crippen molar-refractivity contribution in [3.8, 4) is 6.07 Å². The van der Waals surface area contributed by atoms with Gasteiger partial charge < -0.3 is 0 Å². The number of rotatable bonds is 3. The molecule has 8 heteroatoms. The van der Waals surface area contributed by atoms with E-state index in [9.17, 15) is 16.8 Å². The van der Waals surface area contributed by atoms with Gasteiger partial charge in [0.25, 0.3) is 9.05 Å². The third-order valence-electron chi connectivity index (χ3n) is 3.04. The zero-order chi connectivity index (χ0) is 18.4. The van der Waals surface area contributed by atoms with Gasteiger partial charge in [0.05, 0.1) is 15.9 Å². The predicted octanol–water partition coefficient (Wildman–Crippen LogP) is 3.21. The summed E-state index contributed by atoms with van der Waals surface area (Å²) < 4.78 is 44.5. The second kappa shape index (κ2) is 8.29. The van der Waals surface area contributed by atoms with E-state index in [0.717, 1.165) is 0 Å². The van der Waals surface area contributed by atoms with Gasteiger partial charge in [-0.2, -0.15) is 5.26 Å². The van der Waals surface area contributed by atoms with Crippen LogP contribution in [0.3, 0.4) is 0 Å². The van der Waals surface area contributed by atoms with Gasteiger partial charge in [0, 0.05) is 10.7 Å². The minimum Gasteiger partial charge on any atom is -0.223 e. The molecule has 0 aliphatic heterocycles. The van der Waals surface area contributed by atoms with E-state index < -0.39 is 24.6 Å². The van der Waals surface area contributed by atoms with E-state index in [4.69, 9.17) is 15.9 Å². The first-order valence-corrected chi connectivity index (χ1v) is 10.7. The molecule has 2 aromatic rings. The van der Waals surface area contributed by atoms with Crippen LogP contribution >= 0.6 is 10.7 Å². The van der Waals surface area contributed by atoms with Crippen molar-refractivity contribution in [1.29, 1.82) is 5.26 Å². The number of nitriles is 1. The summed E-state index contributed by atoms with van der Waals surface area (Å²) in [6, 6.07) is 14.9. The summed E-state index contributed by atoms with van der Waals surface area (Å²) in [6.45, 7) is 3.42. The quantitative estimate of drug-likeness (QED) is 0.756. The molecule has 0 N–H and O–H groups in total. The summed E-state index contributed by atoms with van der Waals surface area (Å²) in [7, 11) is -1.83. The molecule has 2 rings (SSSR count). The van der Waals surface area contributed by atoms with Crippen LogP contribution in [-0.4, -0.2) is 22.6 Å². The highest BCUT2D eigenvalue weighted by atomic mass is 35.7. The second-order valence-corrected chi connectivity index (χ2v) is 9.38. The van der Waals surface area contributed by atoms with E-state index in [0.29, 0.717) is 11.1 Å². The van der Waals surface area contributed by atoms with Crippen molar-refractivity contribution < 1.29 is 16.8 Å². The third kappa shape index (κ3) is 5.64. The van der Waals surface area contributed by atoms with Gasteiger partial charge in [0.2, 0.25) is 0 Å². The lowest BCUT2D eigenvalue weighted by Gasteiger charge is -2.02. The molecule has 5 nitrogen and oxygen atoms in total. The molecule has 128 valence electrons. The number of aryl methyl sites for hydroxylation is 2. The highest BCUT2D eigenvalue weighted by Gasteiger charge is 2.15. The molecule has 0 aromatic heterocycles. The minimum absolute atomic E-state index is 0.182. The number of halogens is 1. The maximum absolute atomic E-state index is 11.4. The summed E-state index contributed by atoms with van der Waals surface area (Å²) >= 11 is 0. The highest BCUT2D eigenvalue weighted by Crippen LogP contribution is 2.18. The molecule has 0 radical (unpaired) electrons. The maximum Gasteiger partial charge on any atom is 0.261 e. The average Bonchev–Trinajstić information content (AvgIpc) is 2.47. The lowest BCUT2D eigenvalue weighted by Crippen LogP contribution is -2.06. The van der Waals surface area contributed by atoms with Crippen molar-refractivity contribution >= 4 is 29.6 Å². The van der Waals surface area contributed by atoms with Gasteiger partial charge in [-0.15, -0.1) is 0 Å². The highest BCUT2D eigenvalue weighted by molar-refractivity contribution is 8.13. The van der Waals surface area contributed by atoms with Crippen LogP contribution in [0.15, 0.2) is 58.3 Å². The standard InChI is InChI=1S/C9H9NO2S.C7H7ClO2S/c1-8-4-2-3-5-9(8)13(11,12)7-6-10;1-6-4-2-3-5-7(6)11(8,9)10/h2-5H,7H2,1H3;2-5H,1H3. The fraction of sp³-hybridized carbons (Fsp3) is 0.188. The van der Waals surface area contributed by atoms with E-state index in [1.807, 2.05) is 0 Å². The second-order valence-electron chi connectivity index (χ2n) is 4.89. The SMILES string of the molecule is Cc1ccccc1S(=O)(=O)CC#N.Cc1ccccc1S(=O)(=O)Cl. The van der Waals surface area contributed by atoms with E-state index in [1.165, 1.54) is 12.1 Å². The number of hydrogen-bond donors (Lipinski definition) is 0. The van der Waals surface area contributed by atoms with E-state index in [2.05, 4.69) is 0 Å². The fourth-order valence-electron chi connectivity index (χ4n) is 1.90. The Balaban J connectivity index is 0.000000243. The van der Waals surface area contributed by atoms with Crippen LogP contribution in [-0.2, 0) is 18.9 Å². The number of hydrogen-bond acceptors (Lipinski definition) is 5. The molecule has 0 fully saturated rings. The van der Waals surface area contributed by atoms with Gasteiger partial charge >= 0.3 is 0 Å². The maximum atomic E-state index is 11.4. The van der Waals surface area contributed by atoms with E-state index >= 15 is 0 Å². The molecule has 0 aliphatic rings. The van der Waals surface area contributed by atoms with Crippen LogP contribution in [0, 0.1) is 25.2 Å². The molecule has 2 aromatic carbocycles. The van der Waals surface area contributed by atoms with Gasteiger partial charge in [0.1, 0.15) is 5.75 Å². The lowest BCUT2D eigenvalue weighted by atomic mass is 10.2. The first-order valence-electron chi connectivity index (χ1n) is 6.75. The van der Waals surface area contributed by atoms with Crippen LogP contribution in [0.5, 0.6) is 0 Å². The third-order valence-corrected chi connectivity index (χ3v) is 6.16. The lowest BCUT2D eigenvalue weighted by molar-refractivity contribution is 0.598. The molecule has 0 spiro atoms. The van der Waals surface area contributed by atoms with Crippen molar-refractivity contribution in [2.24, 2.45) is 0 Å². The summed E-state index contributed by atoms with van der Waals surface area (Å²) in [5.41, 5.74) is 1.35. The molecule has 0 heterocycles. The molecule has 0 saturated heterocycles. The molecular formula is C16H16ClNO4S2. The van der Waals surface area contributed by atoms with Crippen molar-refractivity contribution in [3.63, 3.8) is 0 Å². The average molecular weight is 386 g/mol. The Morgan fingerprint density at radius 1 is 0.875 bits per heavy atom. The van der Waals surface area contributed by atoms with Crippen molar-refractivity contribution in [3.05, 3.63) is 59.7 Å². The summed E-state index contributed by atoms with van der Waals surface area (Å²) in [5, 5.41) is 8.32. The van der Waals surface area contributed by atoms with Crippen molar-refractivity contribution in [2.75, 3.05) is 5.75 Å². The van der Waals surface area contributed by atoms with Gasteiger partial charge in [-0.05, 0) is 37.1 Å². The van der Waals surface area contributed by atoms with Crippen LogP contribution in [0.4, 0.5) is 0 Å². The molecule has 0 bridgehead atoms. The smallest absolute Gasteiger partial charge is 0.223 e. The Morgan fingerprint density at radius 2 is 1.29 bits per heavy atom. The summed E-state index contributed by atoms with van der Waals surface area (Å²) in [6.07, 6.45) is 0. The van der Waals surface area contributed by atoms with Crippen molar-refractivity contribution in [1.82, 2.24) is 0 Å². The van der Waals surface area contributed by atoms with Gasteiger partial charge in [-0.25, -0.2) is 16.8 Å².